The van der Waals surface area contributed by atoms with E-state index in [4.69, 9.17) is 14.2 Å². The van der Waals surface area contributed by atoms with Crippen LogP contribution in [0, 0.1) is 0 Å². The van der Waals surface area contributed by atoms with Crippen molar-refractivity contribution in [2.24, 2.45) is 0 Å². The van der Waals surface area contributed by atoms with Crippen LogP contribution in [0.25, 0.3) is 0 Å². The Morgan fingerprint density at radius 1 is 0.333 bits per heavy atom. The molecule has 360 valence electrons. The van der Waals surface area contributed by atoms with E-state index in [-0.39, 0.29) is 31.1 Å². The summed E-state index contributed by atoms with van der Waals surface area (Å²) in [7, 11) is 0. The molecule has 0 aromatic rings. The molecule has 1 atom stereocenters. The number of hydrogen-bond donors (Lipinski definition) is 0. The first-order valence-electron chi connectivity index (χ1n) is 26.1. The van der Waals surface area contributed by atoms with E-state index in [1.807, 2.05) is 0 Å². The average Bonchev–Trinajstić information content (AvgIpc) is 3.28. The molecule has 0 amide bonds. The molecule has 1 unspecified atom stereocenters. The molecule has 0 bridgehead atoms. The molecule has 0 aliphatic rings. The van der Waals surface area contributed by atoms with Crippen LogP contribution in [0.3, 0.4) is 0 Å². The number of rotatable bonds is 46. The van der Waals surface area contributed by atoms with Crippen molar-refractivity contribution in [1.29, 1.82) is 0 Å². The van der Waals surface area contributed by atoms with E-state index in [0.717, 1.165) is 128 Å². The molecule has 0 spiro atoms. The van der Waals surface area contributed by atoms with Crippen molar-refractivity contribution in [3.8, 4) is 0 Å². The maximum Gasteiger partial charge on any atom is 0.306 e. The van der Waals surface area contributed by atoms with Gasteiger partial charge in [-0.25, -0.2) is 0 Å². The number of hydrogen-bond acceptors (Lipinski definition) is 6. The van der Waals surface area contributed by atoms with E-state index in [0.29, 0.717) is 19.3 Å². The normalized spacial score (nSPS) is 12.7. The number of ether oxygens (including phenoxy) is 3. The summed E-state index contributed by atoms with van der Waals surface area (Å²) in [5.74, 6) is -0.915. The Hall–Kier alpha value is -3.41. The van der Waals surface area contributed by atoms with E-state index in [2.05, 4.69) is 106 Å². The molecule has 0 rings (SSSR count). The molecular weight excluding hydrogens is 781 g/mol. The van der Waals surface area contributed by atoms with Crippen molar-refractivity contribution >= 4 is 17.9 Å². The van der Waals surface area contributed by atoms with E-state index in [1.165, 1.54) is 70.6 Å². The Morgan fingerprint density at radius 3 is 1.03 bits per heavy atom. The summed E-state index contributed by atoms with van der Waals surface area (Å²) >= 11 is 0. The molecule has 0 aliphatic carbocycles. The molecule has 0 radical (unpaired) electrons. The smallest absolute Gasteiger partial charge is 0.306 e. The highest BCUT2D eigenvalue weighted by atomic mass is 16.6. The van der Waals surface area contributed by atoms with Gasteiger partial charge in [-0.15, -0.1) is 0 Å². The zero-order valence-corrected chi connectivity index (χ0v) is 41.1. The molecule has 0 aromatic heterocycles. The van der Waals surface area contributed by atoms with Gasteiger partial charge in [0.2, 0.25) is 0 Å². The number of esters is 3. The lowest BCUT2D eigenvalue weighted by Crippen LogP contribution is -2.30. The Bertz CT molecular complexity index is 1240. The van der Waals surface area contributed by atoms with Crippen LogP contribution < -0.4 is 0 Å². The van der Waals surface area contributed by atoms with Gasteiger partial charge in [-0.2, -0.15) is 0 Å². The van der Waals surface area contributed by atoms with Gasteiger partial charge in [-0.1, -0.05) is 215 Å². The summed E-state index contributed by atoms with van der Waals surface area (Å²) < 4.78 is 16.7. The third kappa shape index (κ3) is 49.5. The van der Waals surface area contributed by atoms with E-state index in [9.17, 15) is 14.4 Å². The molecule has 0 aliphatic heterocycles. The second kappa shape index (κ2) is 51.2. The van der Waals surface area contributed by atoms with Crippen LogP contribution in [0.4, 0.5) is 0 Å². The third-order valence-corrected chi connectivity index (χ3v) is 10.9. The van der Waals surface area contributed by atoms with Gasteiger partial charge in [-0.3, -0.25) is 14.4 Å². The van der Waals surface area contributed by atoms with Crippen molar-refractivity contribution in [2.45, 2.75) is 245 Å². The van der Waals surface area contributed by atoms with Gasteiger partial charge in [0.1, 0.15) is 13.2 Å². The lowest BCUT2D eigenvalue weighted by molar-refractivity contribution is -0.167. The maximum absolute atomic E-state index is 12.8. The Labute approximate surface area is 388 Å². The van der Waals surface area contributed by atoms with Gasteiger partial charge in [0, 0.05) is 19.3 Å². The molecule has 6 nitrogen and oxygen atoms in total. The van der Waals surface area contributed by atoms with Crippen LogP contribution in [0.2, 0.25) is 0 Å². The molecule has 63 heavy (non-hydrogen) atoms. The second-order valence-corrected chi connectivity index (χ2v) is 17.1. The predicted molar refractivity (Wildman–Crippen MR) is 270 cm³/mol. The topological polar surface area (TPSA) is 78.9 Å². The quantitative estimate of drug-likeness (QED) is 0.0262. The first kappa shape index (κ1) is 59.6. The molecular formula is C57H96O6. The van der Waals surface area contributed by atoms with E-state index < -0.39 is 6.10 Å². The summed E-state index contributed by atoms with van der Waals surface area (Å²) in [4.78, 5) is 37.9. The Balaban J connectivity index is 4.30. The number of unbranched alkanes of at least 4 members (excludes halogenated alkanes) is 21. The minimum absolute atomic E-state index is 0.0850. The zero-order chi connectivity index (χ0) is 45.8. The van der Waals surface area contributed by atoms with E-state index in [1.54, 1.807) is 0 Å². The van der Waals surface area contributed by atoms with Crippen LogP contribution in [0.5, 0.6) is 0 Å². The number of carbonyl (C=O) groups excluding carboxylic acids is 3. The zero-order valence-electron chi connectivity index (χ0n) is 41.1. The molecule has 0 fully saturated rings. The van der Waals surface area contributed by atoms with Crippen molar-refractivity contribution in [2.75, 3.05) is 13.2 Å². The Morgan fingerprint density at radius 2 is 0.651 bits per heavy atom. The third-order valence-electron chi connectivity index (χ3n) is 10.9. The van der Waals surface area contributed by atoms with Crippen LogP contribution in [-0.4, -0.2) is 37.2 Å². The standard InChI is InChI=1S/C57H96O6/c1-4-7-10-13-16-19-21-23-24-25-26-27-28-29-30-31-32-34-35-38-41-44-47-50-56(59)62-53-54(52-61-55(58)49-46-43-40-37-18-15-12-9-6-3)63-57(60)51-48-45-42-39-36-33-22-20-17-14-11-8-5-2/h7,10-11,14,16,19-20,22-24,26-27,29-30,54H,4-6,8-9,12-13,15,17-18,21,25,28,31-53H2,1-3H3/b10-7-,14-11-,19-16-,22-20-,24-23-,27-26-,30-29-. The fourth-order valence-corrected chi connectivity index (χ4v) is 6.98. The van der Waals surface area contributed by atoms with Crippen molar-refractivity contribution in [3.63, 3.8) is 0 Å². The van der Waals surface area contributed by atoms with Gasteiger partial charge in [0.05, 0.1) is 0 Å². The molecule has 0 saturated heterocycles. The summed E-state index contributed by atoms with van der Waals surface area (Å²) in [6.07, 6.45) is 65.7. The molecule has 6 heteroatoms. The lowest BCUT2D eigenvalue weighted by atomic mass is 10.1. The molecule has 0 N–H and O–H groups in total. The highest BCUT2D eigenvalue weighted by Crippen LogP contribution is 2.14. The van der Waals surface area contributed by atoms with Gasteiger partial charge >= 0.3 is 17.9 Å². The minimum atomic E-state index is -0.785. The summed E-state index contributed by atoms with van der Waals surface area (Å²) in [6.45, 7) is 6.41. The molecule has 0 heterocycles. The molecule has 0 aromatic carbocycles. The summed E-state index contributed by atoms with van der Waals surface area (Å²) in [6, 6.07) is 0. The Kier molecular flexibility index (Phi) is 48.5. The van der Waals surface area contributed by atoms with Gasteiger partial charge in [-0.05, 0) is 89.9 Å². The average molecular weight is 877 g/mol. The van der Waals surface area contributed by atoms with Gasteiger partial charge in [0.25, 0.3) is 0 Å². The number of carbonyl (C=O) groups is 3. The fourth-order valence-electron chi connectivity index (χ4n) is 6.98. The highest BCUT2D eigenvalue weighted by Gasteiger charge is 2.19. The fraction of sp³-hybridized carbons (Fsp3) is 0.702. The van der Waals surface area contributed by atoms with Crippen LogP contribution in [0.1, 0.15) is 239 Å². The van der Waals surface area contributed by atoms with E-state index >= 15 is 0 Å². The predicted octanol–water partition coefficient (Wildman–Crippen LogP) is 17.2. The first-order chi connectivity index (χ1) is 31.0. The maximum atomic E-state index is 12.8. The minimum Gasteiger partial charge on any atom is -0.462 e. The largest absolute Gasteiger partial charge is 0.462 e. The van der Waals surface area contributed by atoms with Crippen molar-refractivity contribution in [3.05, 3.63) is 85.1 Å². The second-order valence-electron chi connectivity index (χ2n) is 17.1. The van der Waals surface area contributed by atoms with Gasteiger partial charge in [0.15, 0.2) is 6.10 Å². The van der Waals surface area contributed by atoms with Crippen molar-refractivity contribution in [1.82, 2.24) is 0 Å². The highest BCUT2D eigenvalue weighted by molar-refractivity contribution is 5.71. The number of allylic oxidation sites excluding steroid dienone is 14. The van der Waals surface area contributed by atoms with Crippen LogP contribution >= 0.6 is 0 Å². The summed E-state index contributed by atoms with van der Waals surface area (Å²) in [5, 5.41) is 0. The first-order valence-corrected chi connectivity index (χ1v) is 26.1. The van der Waals surface area contributed by atoms with Gasteiger partial charge < -0.3 is 14.2 Å². The van der Waals surface area contributed by atoms with Crippen LogP contribution in [0.15, 0.2) is 85.1 Å². The lowest BCUT2D eigenvalue weighted by Gasteiger charge is -2.18. The van der Waals surface area contributed by atoms with Crippen LogP contribution in [-0.2, 0) is 28.6 Å². The van der Waals surface area contributed by atoms with Crippen molar-refractivity contribution < 1.29 is 28.6 Å². The monoisotopic (exact) mass is 877 g/mol. The SMILES string of the molecule is CC/C=C\C/C=C\C/C=C\C/C=C\C/C=C\CCCCCCCCCC(=O)OCC(COC(=O)CCCCCCCCCCC)OC(=O)CCCCCCC/C=C\C/C=C\CCC. The summed E-state index contributed by atoms with van der Waals surface area (Å²) in [5.41, 5.74) is 0. The molecule has 0 saturated carbocycles.